The van der Waals surface area contributed by atoms with Gasteiger partial charge in [-0.1, -0.05) is 0 Å². The SMILES string of the molecule is CN(Cc1ccsc1)C(=O)COC(=O)c1ccc(COc2ccc(F)cc2)o1. The first-order chi connectivity index (χ1) is 13.5. The minimum Gasteiger partial charge on any atom is -0.486 e. The van der Waals surface area contributed by atoms with Gasteiger partial charge in [-0.25, -0.2) is 9.18 Å². The fourth-order valence-electron chi connectivity index (χ4n) is 2.30. The Kier molecular flexibility index (Phi) is 6.44. The van der Waals surface area contributed by atoms with E-state index in [1.54, 1.807) is 24.5 Å². The number of nitrogens with zero attached hydrogens (tertiary/aromatic N) is 1. The summed E-state index contributed by atoms with van der Waals surface area (Å²) in [6.45, 7) is 0.147. The average molecular weight is 403 g/mol. The minimum absolute atomic E-state index is 0.0222. The van der Waals surface area contributed by atoms with Gasteiger partial charge in [0.1, 0.15) is 23.9 Å². The van der Waals surface area contributed by atoms with Gasteiger partial charge in [0.05, 0.1) is 0 Å². The summed E-state index contributed by atoms with van der Waals surface area (Å²) in [6, 6.07) is 10.5. The molecule has 3 rings (SSSR count). The summed E-state index contributed by atoms with van der Waals surface area (Å²) in [5.74, 6) is -0.550. The molecule has 28 heavy (non-hydrogen) atoms. The molecule has 0 atom stereocenters. The van der Waals surface area contributed by atoms with Crippen LogP contribution in [0.2, 0.25) is 0 Å². The summed E-state index contributed by atoms with van der Waals surface area (Å²) in [5, 5.41) is 3.89. The van der Waals surface area contributed by atoms with Crippen molar-refractivity contribution in [3.63, 3.8) is 0 Å². The quantitative estimate of drug-likeness (QED) is 0.534. The molecule has 0 fully saturated rings. The fourth-order valence-corrected chi connectivity index (χ4v) is 2.96. The Labute approximate surface area is 165 Å². The molecule has 1 amide bonds. The predicted molar refractivity (Wildman–Crippen MR) is 101 cm³/mol. The van der Waals surface area contributed by atoms with E-state index in [-0.39, 0.29) is 30.7 Å². The summed E-state index contributed by atoms with van der Waals surface area (Å²) in [7, 11) is 1.64. The van der Waals surface area contributed by atoms with Gasteiger partial charge in [0.15, 0.2) is 6.61 Å². The van der Waals surface area contributed by atoms with Gasteiger partial charge in [0.25, 0.3) is 5.91 Å². The monoisotopic (exact) mass is 403 g/mol. The maximum absolute atomic E-state index is 12.9. The second kappa shape index (κ2) is 9.18. The van der Waals surface area contributed by atoms with Crippen LogP contribution in [0.5, 0.6) is 5.75 Å². The molecule has 0 aliphatic heterocycles. The van der Waals surface area contributed by atoms with Crippen LogP contribution in [0.15, 0.2) is 57.6 Å². The van der Waals surface area contributed by atoms with Crippen LogP contribution in [0.1, 0.15) is 21.9 Å². The van der Waals surface area contributed by atoms with Crippen LogP contribution in [0.4, 0.5) is 4.39 Å². The standard InChI is InChI=1S/C20H18FNO5S/c1-22(10-14-8-9-28-13-14)19(23)12-26-20(24)18-7-6-17(27-18)11-25-16-4-2-15(21)3-5-16/h2-9,13H,10-12H2,1H3. The molecule has 0 saturated carbocycles. The first kappa shape index (κ1) is 19.6. The molecule has 0 aliphatic rings. The molecule has 0 aliphatic carbocycles. The smallest absolute Gasteiger partial charge is 0.374 e. The van der Waals surface area contributed by atoms with E-state index in [9.17, 15) is 14.0 Å². The second-order valence-corrected chi connectivity index (χ2v) is 6.75. The normalized spacial score (nSPS) is 10.5. The van der Waals surface area contributed by atoms with Gasteiger partial charge in [-0.15, -0.1) is 0 Å². The first-order valence-electron chi connectivity index (χ1n) is 8.40. The number of halogens is 1. The Morgan fingerprint density at radius 3 is 2.64 bits per heavy atom. The van der Waals surface area contributed by atoms with E-state index in [4.69, 9.17) is 13.9 Å². The highest BCUT2D eigenvalue weighted by Gasteiger charge is 2.17. The molecule has 6 nitrogen and oxygen atoms in total. The van der Waals surface area contributed by atoms with E-state index in [1.165, 1.54) is 35.2 Å². The molecule has 0 saturated heterocycles. The Morgan fingerprint density at radius 2 is 1.93 bits per heavy atom. The second-order valence-electron chi connectivity index (χ2n) is 5.97. The number of thiophene rings is 1. The summed E-state index contributed by atoms with van der Waals surface area (Å²) in [5.41, 5.74) is 1.02. The van der Waals surface area contributed by atoms with Gasteiger partial charge in [-0.3, -0.25) is 4.79 Å². The Bertz CT molecular complexity index is 920. The number of ether oxygens (including phenoxy) is 2. The number of rotatable bonds is 8. The van der Waals surface area contributed by atoms with Crippen molar-refractivity contribution in [1.82, 2.24) is 4.90 Å². The number of furan rings is 1. The molecule has 1 aromatic carbocycles. The van der Waals surface area contributed by atoms with Crippen molar-refractivity contribution in [3.8, 4) is 5.75 Å². The highest BCUT2D eigenvalue weighted by Crippen LogP contribution is 2.16. The number of benzene rings is 1. The first-order valence-corrected chi connectivity index (χ1v) is 9.35. The molecular formula is C20H18FNO5S. The van der Waals surface area contributed by atoms with Gasteiger partial charge >= 0.3 is 5.97 Å². The fraction of sp³-hybridized carbons (Fsp3) is 0.200. The number of amides is 1. The van der Waals surface area contributed by atoms with Crippen molar-refractivity contribution in [2.75, 3.05) is 13.7 Å². The third-order valence-electron chi connectivity index (χ3n) is 3.81. The Hall–Kier alpha value is -3.13. The van der Waals surface area contributed by atoms with Crippen LogP contribution in [-0.2, 0) is 22.7 Å². The van der Waals surface area contributed by atoms with Crippen LogP contribution >= 0.6 is 11.3 Å². The lowest BCUT2D eigenvalue weighted by Gasteiger charge is -2.16. The van der Waals surface area contributed by atoms with Crippen molar-refractivity contribution in [2.45, 2.75) is 13.2 Å². The average Bonchev–Trinajstić information content (AvgIpc) is 3.37. The summed E-state index contributed by atoms with van der Waals surface area (Å²) in [4.78, 5) is 25.6. The molecule has 2 heterocycles. The zero-order valence-corrected chi connectivity index (χ0v) is 15.9. The van der Waals surface area contributed by atoms with E-state index in [0.717, 1.165) is 5.56 Å². The Balaban J connectivity index is 1.45. The van der Waals surface area contributed by atoms with E-state index < -0.39 is 5.97 Å². The third kappa shape index (κ3) is 5.43. The molecular weight excluding hydrogens is 385 g/mol. The predicted octanol–water partition coefficient (Wildman–Crippen LogP) is 3.87. The van der Waals surface area contributed by atoms with E-state index in [0.29, 0.717) is 18.1 Å². The lowest BCUT2D eigenvalue weighted by atomic mass is 10.3. The molecule has 0 N–H and O–H groups in total. The zero-order valence-electron chi connectivity index (χ0n) is 15.1. The van der Waals surface area contributed by atoms with Crippen molar-refractivity contribution in [1.29, 1.82) is 0 Å². The van der Waals surface area contributed by atoms with Gasteiger partial charge in [-0.2, -0.15) is 11.3 Å². The number of hydrogen-bond donors (Lipinski definition) is 0. The summed E-state index contributed by atoms with van der Waals surface area (Å²) >= 11 is 1.55. The lowest BCUT2D eigenvalue weighted by molar-refractivity contribution is -0.133. The topological polar surface area (TPSA) is 69.0 Å². The molecule has 0 unspecified atom stereocenters. The van der Waals surface area contributed by atoms with E-state index in [1.807, 2.05) is 16.8 Å². The molecule has 0 radical (unpaired) electrons. The highest BCUT2D eigenvalue weighted by molar-refractivity contribution is 7.07. The van der Waals surface area contributed by atoms with Crippen LogP contribution in [-0.4, -0.2) is 30.4 Å². The summed E-state index contributed by atoms with van der Waals surface area (Å²) < 4.78 is 28.7. The third-order valence-corrected chi connectivity index (χ3v) is 4.54. The maximum Gasteiger partial charge on any atom is 0.374 e. The van der Waals surface area contributed by atoms with Gasteiger partial charge in [-0.05, 0) is 58.8 Å². The van der Waals surface area contributed by atoms with Crippen LogP contribution in [0, 0.1) is 5.82 Å². The molecule has 0 bridgehead atoms. The maximum atomic E-state index is 12.9. The lowest BCUT2D eigenvalue weighted by Crippen LogP contribution is -2.30. The highest BCUT2D eigenvalue weighted by atomic mass is 32.1. The largest absolute Gasteiger partial charge is 0.486 e. The number of esters is 1. The van der Waals surface area contributed by atoms with Crippen molar-refractivity contribution in [2.24, 2.45) is 0 Å². The van der Waals surface area contributed by atoms with Crippen molar-refractivity contribution < 1.29 is 27.9 Å². The van der Waals surface area contributed by atoms with Crippen LogP contribution < -0.4 is 4.74 Å². The number of carbonyl (C=O) groups excluding carboxylic acids is 2. The van der Waals surface area contributed by atoms with Gasteiger partial charge < -0.3 is 18.8 Å². The number of likely N-dealkylation sites (N-methyl/N-ethyl adjacent to an activating group) is 1. The van der Waals surface area contributed by atoms with Crippen molar-refractivity contribution >= 4 is 23.2 Å². The molecule has 0 spiro atoms. The zero-order chi connectivity index (χ0) is 19.9. The number of carbonyl (C=O) groups is 2. The molecule has 3 aromatic rings. The minimum atomic E-state index is -0.731. The van der Waals surface area contributed by atoms with Gasteiger partial charge in [0.2, 0.25) is 5.76 Å². The van der Waals surface area contributed by atoms with E-state index in [2.05, 4.69) is 0 Å². The molecule has 8 heteroatoms. The molecule has 2 aromatic heterocycles. The van der Waals surface area contributed by atoms with E-state index >= 15 is 0 Å². The van der Waals surface area contributed by atoms with Crippen LogP contribution in [0.25, 0.3) is 0 Å². The van der Waals surface area contributed by atoms with Crippen LogP contribution in [0.3, 0.4) is 0 Å². The summed E-state index contributed by atoms with van der Waals surface area (Å²) in [6.07, 6.45) is 0. The van der Waals surface area contributed by atoms with Gasteiger partial charge in [0, 0.05) is 13.6 Å². The van der Waals surface area contributed by atoms with Crippen molar-refractivity contribution in [3.05, 3.63) is 76.1 Å². The number of hydrogen-bond acceptors (Lipinski definition) is 6. The molecule has 146 valence electrons. The Morgan fingerprint density at radius 1 is 1.14 bits per heavy atom.